The molecule has 4 aromatic rings. The zero-order chi connectivity index (χ0) is 22.9. The summed E-state index contributed by atoms with van der Waals surface area (Å²) >= 11 is 0. The van der Waals surface area contributed by atoms with Crippen molar-refractivity contribution in [2.24, 2.45) is 0 Å². The van der Waals surface area contributed by atoms with Crippen LogP contribution in [0.1, 0.15) is 48.9 Å². The molecule has 0 heterocycles. The van der Waals surface area contributed by atoms with E-state index < -0.39 is 0 Å². The van der Waals surface area contributed by atoms with Crippen LogP contribution in [0.3, 0.4) is 0 Å². The van der Waals surface area contributed by atoms with Crippen molar-refractivity contribution in [3.63, 3.8) is 0 Å². The Bertz CT molecular complexity index is 1130. The minimum Gasteiger partial charge on any atom is -0.508 e. The van der Waals surface area contributed by atoms with E-state index in [1.807, 2.05) is 18.2 Å². The lowest BCUT2D eigenvalue weighted by Gasteiger charge is -2.27. The summed E-state index contributed by atoms with van der Waals surface area (Å²) in [5.41, 5.74) is 3.53. The number of rotatable bonds is 11. The molecule has 170 valence electrons. The fourth-order valence-corrected chi connectivity index (χ4v) is 4.58. The predicted molar refractivity (Wildman–Crippen MR) is 138 cm³/mol. The fourth-order valence-electron chi connectivity index (χ4n) is 4.58. The van der Waals surface area contributed by atoms with E-state index >= 15 is 0 Å². The number of aromatic hydroxyl groups is 1. The molecule has 0 aromatic heterocycles. The maximum atomic E-state index is 11.0. The molecule has 0 radical (unpaired) electrons. The number of phenolic OH excluding ortho intramolecular Hbond substituents is 1. The number of hydrogen-bond donors (Lipinski definition) is 3. The number of benzene rings is 4. The van der Waals surface area contributed by atoms with Gasteiger partial charge in [-0.2, -0.15) is 0 Å². The minimum absolute atomic E-state index is 0.0242. The number of hydrogen-bond acceptors (Lipinski definition) is 3. The average Bonchev–Trinajstić information content (AvgIpc) is 2.86. The highest BCUT2D eigenvalue weighted by Gasteiger charge is 2.22. The van der Waals surface area contributed by atoms with Crippen molar-refractivity contribution in [2.75, 3.05) is 0 Å². The Labute approximate surface area is 197 Å². The molecule has 0 aliphatic rings. The highest BCUT2D eigenvalue weighted by molar-refractivity contribution is 5.88. The van der Waals surface area contributed by atoms with Gasteiger partial charge in [-0.15, -0.1) is 0 Å². The molecule has 0 amide bonds. The van der Waals surface area contributed by atoms with E-state index in [1.54, 1.807) is 0 Å². The molecule has 0 aliphatic heterocycles. The summed E-state index contributed by atoms with van der Waals surface area (Å²) in [6.45, 7) is 3.84. The quantitative estimate of drug-likeness (QED) is 0.243. The van der Waals surface area contributed by atoms with Crippen molar-refractivity contribution < 1.29 is 5.11 Å². The monoisotopic (exact) mass is 438 g/mol. The first kappa shape index (κ1) is 23.0. The van der Waals surface area contributed by atoms with Gasteiger partial charge in [-0.3, -0.25) is 0 Å². The van der Waals surface area contributed by atoms with Crippen molar-refractivity contribution in [1.82, 2.24) is 10.6 Å². The largest absolute Gasteiger partial charge is 0.508 e. The average molecular weight is 439 g/mol. The van der Waals surface area contributed by atoms with Gasteiger partial charge in [-0.1, -0.05) is 104 Å². The lowest BCUT2D eigenvalue weighted by Crippen LogP contribution is -2.34. The highest BCUT2D eigenvalue weighted by atomic mass is 16.3. The van der Waals surface area contributed by atoms with Gasteiger partial charge in [0.1, 0.15) is 5.75 Å². The molecule has 3 N–H and O–H groups in total. The van der Waals surface area contributed by atoms with Gasteiger partial charge < -0.3 is 15.7 Å². The van der Waals surface area contributed by atoms with Crippen LogP contribution in [0.25, 0.3) is 10.8 Å². The molecule has 0 spiro atoms. The van der Waals surface area contributed by atoms with Crippen molar-refractivity contribution in [3.05, 3.63) is 114 Å². The summed E-state index contributed by atoms with van der Waals surface area (Å²) in [5.74, 6) is 0.359. The molecule has 0 fully saturated rings. The minimum atomic E-state index is 0.0242. The normalized spacial score (nSPS) is 13.1. The van der Waals surface area contributed by atoms with Gasteiger partial charge in [0, 0.05) is 30.7 Å². The van der Waals surface area contributed by atoms with Gasteiger partial charge in [0.05, 0.1) is 0 Å². The van der Waals surface area contributed by atoms with Crippen molar-refractivity contribution in [1.29, 1.82) is 0 Å². The first-order valence-corrected chi connectivity index (χ1v) is 12.0. The van der Waals surface area contributed by atoms with Crippen molar-refractivity contribution >= 4 is 10.8 Å². The van der Waals surface area contributed by atoms with Gasteiger partial charge in [0.15, 0.2) is 0 Å². The molecule has 0 bridgehead atoms. The second-order valence-electron chi connectivity index (χ2n) is 8.73. The third kappa shape index (κ3) is 6.22. The van der Waals surface area contributed by atoms with E-state index in [2.05, 4.69) is 96.4 Å². The van der Waals surface area contributed by atoms with E-state index in [4.69, 9.17) is 0 Å². The molecular weight excluding hydrogens is 404 g/mol. The Morgan fingerprint density at radius 2 is 1.30 bits per heavy atom. The van der Waals surface area contributed by atoms with Crippen LogP contribution in [0.2, 0.25) is 0 Å². The Balaban J connectivity index is 1.61. The fraction of sp³-hybridized carbons (Fsp3) is 0.267. The third-order valence-electron chi connectivity index (χ3n) is 6.29. The van der Waals surface area contributed by atoms with Crippen LogP contribution in [-0.2, 0) is 13.1 Å². The van der Waals surface area contributed by atoms with Gasteiger partial charge in [-0.25, -0.2) is 0 Å². The van der Waals surface area contributed by atoms with E-state index in [0.29, 0.717) is 11.8 Å². The summed E-state index contributed by atoms with van der Waals surface area (Å²) in [7, 11) is 0. The van der Waals surface area contributed by atoms with Crippen LogP contribution >= 0.6 is 0 Å². The van der Waals surface area contributed by atoms with Crippen LogP contribution in [0, 0.1) is 0 Å². The van der Waals surface area contributed by atoms with Crippen LogP contribution in [-0.4, -0.2) is 11.1 Å². The van der Waals surface area contributed by atoms with Crippen LogP contribution in [0.4, 0.5) is 0 Å². The Morgan fingerprint density at radius 3 is 1.97 bits per heavy atom. The van der Waals surface area contributed by atoms with Crippen LogP contribution < -0.4 is 10.6 Å². The molecule has 4 rings (SSSR count). The molecule has 33 heavy (non-hydrogen) atoms. The van der Waals surface area contributed by atoms with Gasteiger partial charge in [0.25, 0.3) is 0 Å². The van der Waals surface area contributed by atoms with E-state index in [1.165, 1.54) is 11.1 Å². The molecule has 4 aromatic carbocycles. The van der Waals surface area contributed by atoms with Gasteiger partial charge >= 0.3 is 0 Å². The summed E-state index contributed by atoms with van der Waals surface area (Å²) in [6, 6.07) is 33.6. The molecule has 0 aliphatic carbocycles. The van der Waals surface area contributed by atoms with Crippen molar-refractivity contribution in [3.8, 4) is 5.75 Å². The molecule has 0 unspecified atom stereocenters. The molecular formula is C30H34N2O. The smallest absolute Gasteiger partial charge is 0.120 e. The summed E-state index contributed by atoms with van der Waals surface area (Å²) < 4.78 is 0. The number of phenols is 1. The molecule has 3 nitrogen and oxygen atoms in total. The zero-order valence-electron chi connectivity index (χ0n) is 19.4. The Morgan fingerprint density at radius 1 is 0.697 bits per heavy atom. The number of fused-ring (bicyclic) bond motifs is 1. The molecule has 2 atom stereocenters. The van der Waals surface area contributed by atoms with Gasteiger partial charge in [0.2, 0.25) is 0 Å². The van der Waals surface area contributed by atoms with Crippen LogP contribution in [0.5, 0.6) is 5.75 Å². The van der Waals surface area contributed by atoms with E-state index in [9.17, 15) is 5.11 Å². The molecule has 0 saturated carbocycles. The second kappa shape index (κ2) is 11.6. The second-order valence-corrected chi connectivity index (χ2v) is 8.73. The summed E-state index contributed by atoms with van der Waals surface area (Å²) in [6.07, 6.45) is 3.09. The Kier molecular flexibility index (Phi) is 8.13. The van der Waals surface area contributed by atoms with Gasteiger partial charge in [-0.05, 0) is 40.8 Å². The zero-order valence-corrected chi connectivity index (χ0v) is 19.4. The highest BCUT2D eigenvalue weighted by Crippen LogP contribution is 2.35. The predicted octanol–water partition coefficient (Wildman–Crippen LogP) is 6.72. The van der Waals surface area contributed by atoms with E-state index in [-0.39, 0.29) is 6.04 Å². The first-order valence-electron chi connectivity index (χ1n) is 12.0. The lowest BCUT2D eigenvalue weighted by molar-refractivity contribution is 0.368. The first-order chi connectivity index (χ1) is 16.2. The number of nitrogens with one attached hydrogen (secondary N) is 2. The SMILES string of the molecule is CCC[C@H](C[C@@H](NCc1ccccc1)c1c(O)ccc2ccccc12)NCc1ccccc1. The maximum absolute atomic E-state index is 11.0. The standard InChI is InChI=1S/C30H34N2O/c1-2-11-26(31-21-23-12-5-3-6-13-23)20-28(32-22-24-14-7-4-8-15-24)30-27-17-10-9-16-25(27)18-19-29(30)33/h3-10,12-19,26,28,31-33H,2,11,20-22H2,1H3/t26-,28-/m1/s1. The van der Waals surface area contributed by atoms with Crippen molar-refractivity contribution in [2.45, 2.75) is 51.4 Å². The third-order valence-corrected chi connectivity index (χ3v) is 6.29. The molecule has 0 saturated heterocycles. The summed E-state index contributed by atoms with van der Waals surface area (Å²) in [5, 5.41) is 20.8. The van der Waals surface area contributed by atoms with Crippen LogP contribution in [0.15, 0.2) is 97.1 Å². The topological polar surface area (TPSA) is 44.3 Å². The molecule has 3 heteroatoms. The summed E-state index contributed by atoms with van der Waals surface area (Å²) in [4.78, 5) is 0. The van der Waals surface area contributed by atoms with E-state index in [0.717, 1.165) is 48.7 Å². The Hall–Kier alpha value is -3.14. The maximum Gasteiger partial charge on any atom is 0.120 e. The lowest BCUT2D eigenvalue weighted by atomic mass is 9.91.